The zero-order valence-electron chi connectivity index (χ0n) is 17.5. The van der Waals surface area contributed by atoms with Gasteiger partial charge in [0.2, 0.25) is 0 Å². The van der Waals surface area contributed by atoms with E-state index in [4.69, 9.17) is 34.1 Å². The van der Waals surface area contributed by atoms with Crippen LogP contribution < -0.4 is 0 Å². The number of halogens is 2. The number of benzene rings is 1. The summed E-state index contributed by atoms with van der Waals surface area (Å²) in [4.78, 5) is 15.0. The SMILES string of the molecule is C#CCC12CC(O[Si](C)(C)C(C)(C)C)CN1C(=O)C(c1cc(Cl)cc(Cl)c1)=C2O. The average Bonchev–Trinajstić information content (AvgIpc) is 2.99. The quantitative estimate of drug-likeness (QED) is 0.474. The fraction of sp³-hybridized carbons (Fsp3) is 0.500. The minimum absolute atomic E-state index is 0.0138. The highest BCUT2D eigenvalue weighted by molar-refractivity contribution is 6.74. The van der Waals surface area contributed by atoms with Crippen LogP contribution in [0.3, 0.4) is 0 Å². The van der Waals surface area contributed by atoms with E-state index in [1.54, 1.807) is 23.1 Å². The van der Waals surface area contributed by atoms with Crippen LogP contribution in [0.4, 0.5) is 0 Å². The summed E-state index contributed by atoms with van der Waals surface area (Å²) in [5.74, 6) is 2.37. The zero-order chi connectivity index (χ0) is 21.8. The topological polar surface area (TPSA) is 49.8 Å². The van der Waals surface area contributed by atoms with E-state index in [-0.39, 0.29) is 34.8 Å². The average molecular weight is 452 g/mol. The number of terminal acetylenes is 1. The molecule has 0 radical (unpaired) electrons. The zero-order valence-corrected chi connectivity index (χ0v) is 20.0. The number of hydrogen-bond acceptors (Lipinski definition) is 3. The number of fused-ring (bicyclic) bond motifs is 1. The first kappa shape index (κ1) is 22.2. The molecule has 29 heavy (non-hydrogen) atoms. The molecule has 1 aromatic carbocycles. The number of carbonyl (C=O) groups excluding carboxylic acids is 1. The first-order valence-electron chi connectivity index (χ1n) is 9.66. The molecule has 2 atom stereocenters. The predicted octanol–water partition coefficient (Wildman–Crippen LogP) is 5.66. The molecular formula is C22H27Cl2NO3Si. The summed E-state index contributed by atoms with van der Waals surface area (Å²) in [5.41, 5.74) is -0.226. The summed E-state index contributed by atoms with van der Waals surface area (Å²) in [6.45, 7) is 11.3. The Bertz CT molecular complexity index is 909. The predicted molar refractivity (Wildman–Crippen MR) is 121 cm³/mol. The first-order valence-corrected chi connectivity index (χ1v) is 13.3. The highest BCUT2D eigenvalue weighted by Gasteiger charge is 2.58. The molecule has 7 heteroatoms. The number of carbonyl (C=O) groups is 1. The molecular weight excluding hydrogens is 425 g/mol. The summed E-state index contributed by atoms with van der Waals surface area (Å²) in [6.07, 6.45) is 6.17. The van der Waals surface area contributed by atoms with E-state index >= 15 is 0 Å². The van der Waals surface area contributed by atoms with E-state index < -0.39 is 13.9 Å². The molecule has 2 heterocycles. The number of aliphatic hydroxyl groups excluding tert-OH is 1. The van der Waals surface area contributed by atoms with Crippen LogP contribution in [0.1, 0.15) is 39.2 Å². The molecule has 1 saturated heterocycles. The van der Waals surface area contributed by atoms with Crippen LogP contribution in [0.5, 0.6) is 0 Å². The molecule has 0 aromatic heterocycles. The Hall–Kier alpha value is -1.45. The van der Waals surface area contributed by atoms with Crippen molar-refractivity contribution in [3.63, 3.8) is 0 Å². The maximum Gasteiger partial charge on any atom is 0.258 e. The first-order chi connectivity index (χ1) is 13.3. The Kier molecular flexibility index (Phi) is 5.64. The Balaban J connectivity index is 2.01. The van der Waals surface area contributed by atoms with E-state index in [0.29, 0.717) is 28.6 Å². The summed E-state index contributed by atoms with van der Waals surface area (Å²) >= 11 is 12.2. The fourth-order valence-corrected chi connectivity index (χ4v) is 5.82. The molecule has 1 aromatic rings. The molecule has 0 spiro atoms. The van der Waals surface area contributed by atoms with Crippen LogP contribution >= 0.6 is 23.2 Å². The third kappa shape index (κ3) is 3.72. The number of hydrogen-bond donors (Lipinski definition) is 1. The monoisotopic (exact) mass is 451 g/mol. The van der Waals surface area contributed by atoms with E-state index in [1.807, 2.05) is 0 Å². The lowest BCUT2D eigenvalue weighted by Gasteiger charge is -2.38. The minimum Gasteiger partial charge on any atom is -0.509 e. The Labute approximate surface area is 184 Å². The highest BCUT2D eigenvalue weighted by Crippen LogP contribution is 2.50. The second-order valence-electron chi connectivity index (χ2n) is 9.41. The second-order valence-corrected chi connectivity index (χ2v) is 15.0. The van der Waals surface area contributed by atoms with Gasteiger partial charge in [0.15, 0.2) is 8.32 Å². The van der Waals surface area contributed by atoms with Gasteiger partial charge in [-0.3, -0.25) is 4.79 Å². The minimum atomic E-state index is -2.04. The lowest BCUT2D eigenvalue weighted by atomic mass is 9.89. The molecule has 3 rings (SSSR count). The number of rotatable bonds is 4. The molecule has 1 fully saturated rings. The molecule has 156 valence electrons. The third-order valence-corrected chi connectivity index (χ3v) is 11.4. The third-order valence-electron chi connectivity index (χ3n) is 6.42. The maximum absolute atomic E-state index is 13.3. The Morgan fingerprint density at radius 3 is 2.41 bits per heavy atom. The normalized spacial score (nSPS) is 24.8. The van der Waals surface area contributed by atoms with Crippen molar-refractivity contribution in [1.82, 2.24) is 4.90 Å². The molecule has 1 N–H and O–H groups in total. The highest BCUT2D eigenvalue weighted by atomic mass is 35.5. The van der Waals surface area contributed by atoms with Gasteiger partial charge in [0.05, 0.1) is 11.7 Å². The van der Waals surface area contributed by atoms with Crippen LogP contribution in [0.25, 0.3) is 5.57 Å². The van der Waals surface area contributed by atoms with Crippen LogP contribution in [-0.4, -0.2) is 42.4 Å². The molecule has 2 unspecified atom stereocenters. The molecule has 4 nitrogen and oxygen atoms in total. The van der Waals surface area contributed by atoms with Gasteiger partial charge >= 0.3 is 0 Å². The number of nitrogens with zero attached hydrogens (tertiary/aromatic N) is 1. The smallest absolute Gasteiger partial charge is 0.258 e. The van der Waals surface area contributed by atoms with Gasteiger partial charge in [-0.05, 0) is 41.9 Å². The van der Waals surface area contributed by atoms with Gasteiger partial charge < -0.3 is 14.4 Å². The van der Waals surface area contributed by atoms with Gasteiger partial charge in [0, 0.05) is 29.4 Å². The van der Waals surface area contributed by atoms with Crippen LogP contribution in [0.15, 0.2) is 24.0 Å². The van der Waals surface area contributed by atoms with Crippen molar-refractivity contribution in [2.24, 2.45) is 0 Å². The van der Waals surface area contributed by atoms with Crippen LogP contribution in [0.2, 0.25) is 28.2 Å². The summed E-state index contributed by atoms with van der Waals surface area (Å²) in [7, 11) is -2.04. The van der Waals surface area contributed by atoms with E-state index in [2.05, 4.69) is 39.8 Å². The molecule has 2 aliphatic rings. The van der Waals surface area contributed by atoms with E-state index in [0.717, 1.165) is 0 Å². The lowest BCUT2D eigenvalue weighted by molar-refractivity contribution is -0.126. The van der Waals surface area contributed by atoms with Crippen LogP contribution in [0, 0.1) is 12.3 Å². The molecule has 1 amide bonds. The Morgan fingerprint density at radius 2 is 1.90 bits per heavy atom. The number of aliphatic hydroxyl groups is 1. The van der Waals surface area contributed by atoms with Gasteiger partial charge in [-0.1, -0.05) is 44.0 Å². The van der Waals surface area contributed by atoms with Gasteiger partial charge in [-0.25, -0.2) is 0 Å². The van der Waals surface area contributed by atoms with Crippen molar-refractivity contribution in [3.8, 4) is 12.3 Å². The number of amides is 1. The van der Waals surface area contributed by atoms with E-state index in [1.165, 1.54) is 0 Å². The molecule has 0 aliphatic carbocycles. The van der Waals surface area contributed by atoms with Crippen molar-refractivity contribution in [1.29, 1.82) is 0 Å². The van der Waals surface area contributed by atoms with Crippen molar-refractivity contribution >= 4 is 43.0 Å². The molecule has 2 aliphatic heterocycles. The molecule has 0 saturated carbocycles. The van der Waals surface area contributed by atoms with Crippen molar-refractivity contribution in [3.05, 3.63) is 39.6 Å². The fourth-order valence-electron chi connectivity index (χ4n) is 3.95. The summed E-state index contributed by atoms with van der Waals surface area (Å²) in [6, 6.07) is 4.85. The van der Waals surface area contributed by atoms with Gasteiger partial charge in [0.25, 0.3) is 5.91 Å². The summed E-state index contributed by atoms with van der Waals surface area (Å²) in [5, 5.41) is 12.1. The van der Waals surface area contributed by atoms with Gasteiger partial charge in [0.1, 0.15) is 11.3 Å². The Morgan fingerprint density at radius 1 is 1.31 bits per heavy atom. The summed E-state index contributed by atoms with van der Waals surface area (Å²) < 4.78 is 6.55. The largest absolute Gasteiger partial charge is 0.509 e. The van der Waals surface area contributed by atoms with E-state index in [9.17, 15) is 9.90 Å². The van der Waals surface area contributed by atoms with Crippen LogP contribution in [-0.2, 0) is 9.22 Å². The van der Waals surface area contributed by atoms with Crippen molar-refractivity contribution in [2.45, 2.75) is 63.4 Å². The second kappa shape index (κ2) is 7.35. The van der Waals surface area contributed by atoms with Crippen molar-refractivity contribution < 1.29 is 14.3 Å². The van der Waals surface area contributed by atoms with Gasteiger partial charge in [-0.15, -0.1) is 12.3 Å². The van der Waals surface area contributed by atoms with Crippen molar-refractivity contribution in [2.75, 3.05) is 6.54 Å². The molecule has 0 bridgehead atoms. The standard InChI is InChI=1S/C22H27Cl2NO3Si/c1-7-8-22-12-17(28-29(5,6)21(2,3)4)13-25(22)20(27)18(19(22)26)14-9-15(23)11-16(24)10-14/h1,9-11,17,26H,8,12-13H2,2-6H3. The maximum atomic E-state index is 13.3. The van der Waals surface area contributed by atoms with Gasteiger partial charge in [-0.2, -0.15) is 0 Å². The lowest BCUT2D eigenvalue weighted by Crippen LogP contribution is -2.44.